The number of benzodiazepines with no additional fused rings is 1. The van der Waals surface area contributed by atoms with E-state index in [0.717, 1.165) is 80.9 Å². The highest BCUT2D eigenvalue weighted by Crippen LogP contribution is 2.34. The fourth-order valence-electron chi connectivity index (χ4n) is 6.60. The number of anilines is 4. The Morgan fingerprint density at radius 2 is 1.53 bits per heavy atom. The van der Waals surface area contributed by atoms with Crippen LogP contribution < -0.4 is 25.3 Å². The van der Waals surface area contributed by atoms with Crippen molar-refractivity contribution in [2.24, 2.45) is 10.9 Å². The third-order valence-corrected chi connectivity index (χ3v) is 8.75. The Bertz CT molecular complexity index is 1450. The summed E-state index contributed by atoms with van der Waals surface area (Å²) >= 11 is 0. The van der Waals surface area contributed by atoms with Crippen LogP contribution in [0.15, 0.2) is 78.0 Å². The van der Waals surface area contributed by atoms with Crippen molar-refractivity contribution in [3.8, 4) is 0 Å². The van der Waals surface area contributed by atoms with E-state index in [-0.39, 0.29) is 11.8 Å². The second-order valence-electron chi connectivity index (χ2n) is 11.6. The van der Waals surface area contributed by atoms with Gasteiger partial charge in [0.1, 0.15) is 0 Å². The molecule has 3 heterocycles. The van der Waals surface area contributed by atoms with Gasteiger partial charge in [-0.15, -0.1) is 0 Å². The van der Waals surface area contributed by atoms with Gasteiger partial charge in [-0.05, 0) is 49.6 Å². The largest absolute Gasteiger partial charge is 0.368 e. The van der Waals surface area contributed by atoms with Crippen LogP contribution in [0.3, 0.4) is 0 Å². The Kier molecular flexibility index (Phi) is 8.86. The van der Waals surface area contributed by atoms with Crippen LogP contribution in [0.4, 0.5) is 27.5 Å². The minimum absolute atomic E-state index is 0.198. The maximum absolute atomic E-state index is 13.9. The molecule has 1 aromatic heterocycles. The monoisotopic (exact) mass is 579 g/mol. The number of benzene rings is 2. The van der Waals surface area contributed by atoms with E-state index in [1.54, 1.807) is 4.90 Å². The summed E-state index contributed by atoms with van der Waals surface area (Å²) < 4.78 is 0. The first kappa shape index (κ1) is 28.7. The minimum Gasteiger partial charge on any atom is -0.368 e. The molecule has 1 saturated carbocycles. The highest BCUT2D eigenvalue weighted by Gasteiger charge is 2.35. The van der Waals surface area contributed by atoms with E-state index < -0.39 is 12.2 Å². The molecular formula is C34H41N7O2. The molecule has 2 aliphatic heterocycles. The SMILES string of the molecule is CCCN1C(=O)C(NC(=O)Nc2ccccc2N2CCN(c3ccncc3)CC2)N=C(C2CCCCC2)c2ccccc21. The van der Waals surface area contributed by atoms with Crippen molar-refractivity contribution in [2.75, 3.05) is 52.7 Å². The molecule has 3 amide bonds. The number of aromatic nitrogens is 1. The fraction of sp³-hybridized carbons (Fsp3) is 0.412. The highest BCUT2D eigenvalue weighted by molar-refractivity contribution is 6.14. The van der Waals surface area contributed by atoms with Crippen molar-refractivity contribution in [1.29, 1.82) is 0 Å². The van der Waals surface area contributed by atoms with Gasteiger partial charge in [-0.3, -0.25) is 14.8 Å². The lowest BCUT2D eigenvalue weighted by molar-refractivity contribution is -0.120. The third-order valence-electron chi connectivity index (χ3n) is 8.75. The summed E-state index contributed by atoms with van der Waals surface area (Å²) in [5.74, 6) is 0.0824. The molecule has 3 aromatic rings. The van der Waals surface area contributed by atoms with Crippen LogP contribution in [0, 0.1) is 5.92 Å². The molecule has 1 saturated heterocycles. The molecule has 1 aliphatic carbocycles. The molecule has 1 atom stereocenters. The number of aliphatic imine (C=N–C) groups is 1. The maximum Gasteiger partial charge on any atom is 0.321 e. The summed E-state index contributed by atoms with van der Waals surface area (Å²) in [5, 5.41) is 5.99. The van der Waals surface area contributed by atoms with Gasteiger partial charge in [0.2, 0.25) is 6.17 Å². The zero-order chi connectivity index (χ0) is 29.6. The maximum atomic E-state index is 13.9. The fourth-order valence-corrected chi connectivity index (χ4v) is 6.60. The number of urea groups is 1. The Morgan fingerprint density at radius 1 is 0.860 bits per heavy atom. The first-order chi connectivity index (χ1) is 21.1. The Labute approximate surface area is 254 Å². The van der Waals surface area contributed by atoms with Crippen molar-refractivity contribution in [1.82, 2.24) is 10.3 Å². The molecule has 6 rings (SSSR count). The second kappa shape index (κ2) is 13.3. The standard InChI is InChI=1S/C34H41N7O2/c1-2-20-41-29-14-8-6-12-27(29)31(25-10-4-3-5-11-25)37-32(33(41)42)38-34(43)36-28-13-7-9-15-30(28)40-23-21-39(22-24-40)26-16-18-35-19-17-26/h6-9,12-19,25,32H,2-5,10-11,20-24H2,1H3,(H2,36,38,43). The van der Waals surface area contributed by atoms with Crippen LogP contribution in [0.2, 0.25) is 0 Å². The average molecular weight is 580 g/mol. The Hall–Kier alpha value is -4.40. The van der Waals surface area contributed by atoms with E-state index in [0.29, 0.717) is 12.2 Å². The number of hydrogen-bond donors (Lipinski definition) is 2. The number of pyridine rings is 1. The van der Waals surface area contributed by atoms with Gasteiger partial charge in [-0.25, -0.2) is 4.79 Å². The molecule has 9 heteroatoms. The van der Waals surface area contributed by atoms with E-state index in [4.69, 9.17) is 4.99 Å². The normalized spacial score (nSPS) is 19.4. The van der Waals surface area contributed by atoms with Gasteiger partial charge in [0.05, 0.1) is 22.8 Å². The van der Waals surface area contributed by atoms with Gasteiger partial charge in [0.15, 0.2) is 0 Å². The van der Waals surface area contributed by atoms with Crippen molar-refractivity contribution >= 4 is 40.4 Å². The van der Waals surface area contributed by atoms with E-state index in [9.17, 15) is 9.59 Å². The molecule has 224 valence electrons. The number of nitrogens with one attached hydrogen (secondary N) is 2. The van der Waals surface area contributed by atoms with Crippen LogP contribution in [0.1, 0.15) is 51.0 Å². The number of carbonyl (C=O) groups excluding carboxylic acids is 2. The molecule has 0 radical (unpaired) electrons. The summed E-state index contributed by atoms with van der Waals surface area (Å²) in [5.41, 5.74) is 5.69. The van der Waals surface area contributed by atoms with Gasteiger partial charge in [0.25, 0.3) is 5.91 Å². The minimum atomic E-state index is -0.994. The zero-order valence-corrected chi connectivity index (χ0v) is 24.9. The van der Waals surface area contributed by atoms with Crippen LogP contribution in [0.25, 0.3) is 0 Å². The number of carbonyl (C=O) groups is 2. The Morgan fingerprint density at radius 3 is 2.28 bits per heavy atom. The molecule has 9 nitrogen and oxygen atoms in total. The molecule has 2 fully saturated rings. The number of nitrogens with zero attached hydrogens (tertiary/aromatic N) is 5. The van der Waals surface area contributed by atoms with Crippen LogP contribution >= 0.6 is 0 Å². The first-order valence-corrected chi connectivity index (χ1v) is 15.7. The molecule has 2 N–H and O–H groups in total. The smallest absolute Gasteiger partial charge is 0.321 e. The van der Waals surface area contributed by atoms with Gasteiger partial charge in [-0.2, -0.15) is 0 Å². The highest BCUT2D eigenvalue weighted by atomic mass is 16.2. The van der Waals surface area contributed by atoms with Gasteiger partial charge in [0, 0.05) is 62.3 Å². The number of amides is 3. The van der Waals surface area contributed by atoms with E-state index in [1.807, 2.05) is 67.0 Å². The summed E-state index contributed by atoms with van der Waals surface area (Å²) in [6.45, 7) is 6.01. The van der Waals surface area contributed by atoms with E-state index in [1.165, 1.54) is 12.1 Å². The topological polar surface area (TPSA) is 93.2 Å². The summed E-state index contributed by atoms with van der Waals surface area (Å²) in [4.78, 5) is 43.1. The lowest BCUT2D eigenvalue weighted by Crippen LogP contribution is -2.49. The quantitative estimate of drug-likeness (QED) is 0.376. The van der Waals surface area contributed by atoms with Gasteiger partial charge < -0.3 is 25.3 Å². The predicted octanol–water partition coefficient (Wildman–Crippen LogP) is 5.68. The van der Waals surface area contributed by atoms with Crippen molar-refractivity contribution in [3.05, 3.63) is 78.6 Å². The summed E-state index contributed by atoms with van der Waals surface area (Å²) in [6.07, 6.45) is 9.10. The van der Waals surface area contributed by atoms with Crippen LogP contribution in [-0.4, -0.2) is 61.5 Å². The molecule has 0 bridgehead atoms. The number of fused-ring (bicyclic) bond motifs is 1. The molecule has 3 aliphatic rings. The van der Waals surface area contributed by atoms with E-state index >= 15 is 0 Å². The van der Waals surface area contributed by atoms with Crippen LogP contribution in [-0.2, 0) is 4.79 Å². The second-order valence-corrected chi connectivity index (χ2v) is 11.6. The molecule has 1 unspecified atom stereocenters. The predicted molar refractivity (Wildman–Crippen MR) is 173 cm³/mol. The number of para-hydroxylation sites is 3. The average Bonchev–Trinajstić information content (AvgIpc) is 3.17. The van der Waals surface area contributed by atoms with Gasteiger partial charge in [-0.1, -0.05) is 56.5 Å². The summed E-state index contributed by atoms with van der Waals surface area (Å²) in [6, 6.07) is 19.6. The third kappa shape index (κ3) is 6.35. The molecule has 2 aromatic carbocycles. The molecule has 43 heavy (non-hydrogen) atoms. The van der Waals surface area contributed by atoms with Crippen molar-refractivity contribution < 1.29 is 9.59 Å². The van der Waals surface area contributed by atoms with E-state index in [2.05, 4.69) is 38.4 Å². The number of piperazine rings is 1. The van der Waals surface area contributed by atoms with Crippen molar-refractivity contribution in [2.45, 2.75) is 51.6 Å². The number of rotatable bonds is 7. The zero-order valence-electron chi connectivity index (χ0n) is 24.9. The lowest BCUT2D eigenvalue weighted by Gasteiger charge is -2.38. The molecule has 0 spiro atoms. The number of hydrogen-bond acceptors (Lipinski definition) is 6. The lowest BCUT2D eigenvalue weighted by atomic mass is 9.83. The van der Waals surface area contributed by atoms with Crippen LogP contribution in [0.5, 0.6) is 0 Å². The van der Waals surface area contributed by atoms with Crippen molar-refractivity contribution in [3.63, 3.8) is 0 Å². The first-order valence-electron chi connectivity index (χ1n) is 15.7. The summed E-state index contributed by atoms with van der Waals surface area (Å²) in [7, 11) is 0. The molecular weight excluding hydrogens is 538 g/mol. The van der Waals surface area contributed by atoms with Gasteiger partial charge >= 0.3 is 6.03 Å². The Balaban J connectivity index is 1.21.